The van der Waals surface area contributed by atoms with E-state index in [1.807, 2.05) is 82.2 Å². The van der Waals surface area contributed by atoms with Crippen molar-refractivity contribution in [3.63, 3.8) is 0 Å². The van der Waals surface area contributed by atoms with Crippen LogP contribution >= 0.6 is 0 Å². The second-order valence-electron chi connectivity index (χ2n) is 8.63. The monoisotopic (exact) mass is 459 g/mol. The molecule has 178 valence electrons. The van der Waals surface area contributed by atoms with Crippen LogP contribution in [-0.2, 0) is 0 Å². The lowest BCUT2D eigenvalue weighted by molar-refractivity contribution is 0.102. The van der Waals surface area contributed by atoms with Crippen LogP contribution in [0.4, 0.5) is 11.5 Å². The Morgan fingerprint density at radius 1 is 1.12 bits per heavy atom. The third-order valence-electron chi connectivity index (χ3n) is 5.50. The van der Waals surface area contributed by atoms with Gasteiger partial charge >= 0.3 is 0 Å². The number of nitrogen functional groups attached to an aromatic ring is 1. The van der Waals surface area contributed by atoms with E-state index in [1.54, 1.807) is 6.07 Å². The van der Waals surface area contributed by atoms with E-state index >= 15 is 0 Å². The molecule has 1 aromatic heterocycles. The zero-order valence-corrected chi connectivity index (χ0v) is 20.5. The number of hydrogen-bond acceptors (Lipinski definition) is 6. The lowest BCUT2D eigenvalue weighted by Crippen LogP contribution is -2.19. The molecule has 0 unspecified atom stereocenters. The van der Waals surface area contributed by atoms with Crippen LogP contribution < -0.4 is 15.8 Å². The summed E-state index contributed by atoms with van der Waals surface area (Å²) < 4.78 is 5.82. The molecule has 0 radical (unpaired) electrons. The van der Waals surface area contributed by atoms with E-state index in [1.165, 1.54) is 0 Å². The number of amides is 1. The Morgan fingerprint density at radius 2 is 1.88 bits per heavy atom. The number of nitrogens with two attached hydrogens (primary N) is 1. The lowest BCUT2D eigenvalue weighted by atomic mass is 10.0. The molecule has 0 aliphatic heterocycles. The van der Waals surface area contributed by atoms with Crippen LogP contribution in [0.5, 0.6) is 5.75 Å². The van der Waals surface area contributed by atoms with E-state index in [0.717, 1.165) is 23.2 Å². The maximum absolute atomic E-state index is 13.0. The first-order valence-corrected chi connectivity index (χ1v) is 11.3. The van der Waals surface area contributed by atoms with Crippen molar-refractivity contribution in [1.29, 1.82) is 5.41 Å². The van der Waals surface area contributed by atoms with Crippen molar-refractivity contribution in [2.24, 2.45) is 0 Å². The molecule has 34 heavy (non-hydrogen) atoms. The zero-order chi connectivity index (χ0) is 24.8. The van der Waals surface area contributed by atoms with Gasteiger partial charge in [-0.3, -0.25) is 4.79 Å². The maximum atomic E-state index is 13.0. The van der Waals surface area contributed by atoms with Crippen molar-refractivity contribution in [2.75, 3.05) is 38.3 Å². The fourth-order valence-corrected chi connectivity index (χ4v) is 3.56. The molecule has 7 nitrogen and oxygen atoms in total. The number of ether oxygens (including phenoxy) is 1. The van der Waals surface area contributed by atoms with Crippen LogP contribution in [0.1, 0.15) is 40.4 Å². The molecule has 4 N–H and O–H groups in total. The van der Waals surface area contributed by atoms with Gasteiger partial charge in [-0.1, -0.05) is 13.0 Å². The van der Waals surface area contributed by atoms with Gasteiger partial charge in [0, 0.05) is 34.6 Å². The highest BCUT2D eigenvalue weighted by Crippen LogP contribution is 2.28. The van der Waals surface area contributed by atoms with Crippen molar-refractivity contribution in [3.8, 4) is 17.0 Å². The van der Waals surface area contributed by atoms with E-state index in [9.17, 15) is 4.79 Å². The molecule has 0 saturated carbocycles. The second-order valence-corrected chi connectivity index (χ2v) is 8.63. The SMILES string of the molecule is CCC(=N)c1ccc(-c2cc(NC(=O)c3cc(C)cc(OCCN(C)C)c3)ccc2C)nc1N. The number of carbonyl (C=O) groups excluding carboxylic acids is 1. The van der Waals surface area contributed by atoms with Crippen molar-refractivity contribution in [2.45, 2.75) is 27.2 Å². The molecule has 0 aliphatic rings. The summed E-state index contributed by atoms with van der Waals surface area (Å²) in [5, 5.41) is 11.0. The predicted octanol–water partition coefficient (Wildman–Crippen LogP) is 4.92. The number of aryl methyl sites for hydroxylation is 2. The van der Waals surface area contributed by atoms with Crippen LogP contribution in [0.2, 0.25) is 0 Å². The molecule has 3 aromatic rings. The predicted molar refractivity (Wildman–Crippen MR) is 139 cm³/mol. The summed E-state index contributed by atoms with van der Waals surface area (Å²) in [6.07, 6.45) is 0.590. The molecule has 2 aromatic carbocycles. The summed E-state index contributed by atoms with van der Waals surface area (Å²) in [5.74, 6) is 0.795. The van der Waals surface area contributed by atoms with Gasteiger partial charge in [-0.15, -0.1) is 0 Å². The summed E-state index contributed by atoms with van der Waals surface area (Å²) in [6, 6.07) is 14.9. The number of nitrogens with zero attached hydrogens (tertiary/aromatic N) is 2. The first kappa shape index (κ1) is 24.9. The second kappa shape index (κ2) is 10.9. The molecule has 3 rings (SSSR count). The van der Waals surface area contributed by atoms with E-state index in [2.05, 4.69) is 10.3 Å². The number of likely N-dealkylation sites (N-methyl/N-ethyl adjacent to an activating group) is 1. The highest BCUT2D eigenvalue weighted by Gasteiger charge is 2.13. The summed E-state index contributed by atoms with van der Waals surface area (Å²) in [5.41, 5.74) is 12.0. The van der Waals surface area contributed by atoms with Gasteiger partial charge < -0.3 is 26.1 Å². The lowest BCUT2D eigenvalue weighted by Gasteiger charge is -2.14. The van der Waals surface area contributed by atoms with Crippen molar-refractivity contribution >= 4 is 23.1 Å². The van der Waals surface area contributed by atoms with Crippen molar-refractivity contribution in [1.82, 2.24) is 9.88 Å². The minimum Gasteiger partial charge on any atom is -0.492 e. The molecule has 0 atom stereocenters. The van der Waals surface area contributed by atoms with Crippen LogP contribution in [0, 0.1) is 19.3 Å². The number of pyridine rings is 1. The molecule has 1 amide bonds. The van der Waals surface area contributed by atoms with E-state index in [4.69, 9.17) is 15.9 Å². The highest BCUT2D eigenvalue weighted by molar-refractivity contribution is 6.05. The smallest absolute Gasteiger partial charge is 0.255 e. The zero-order valence-electron chi connectivity index (χ0n) is 20.5. The Labute approximate surface area is 201 Å². The van der Waals surface area contributed by atoms with Crippen LogP contribution in [0.3, 0.4) is 0 Å². The largest absolute Gasteiger partial charge is 0.492 e. The summed E-state index contributed by atoms with van der Waals surface area (Å²) in [4.78, 5) is 19.6. The summed E-state index contributed by atoms with van der Waals surface area (Å²) >= 11 is 0. The number of carbonyl (C=O) groups is 1. The fraction of sp³-hybridized carbons (Fsp3) is 0.296. The first-order chi connectivity index (χ1) is 16.2. The molecule has 0 bridgehead atoms. The van der Waals surface area contributed by atoms with Crippen molar-refractivity contribution in [3.05, 3.63) is 70.8 Å². The average Bonchev–Trinajstić information content (AvgIpc) is 2.79. The quantitative estimate of drug-likeness (QED) is 0.394. The third kappa shape index (κ3) is 6.20. The standard InChI is InChI=1S/C27H33N5O2/c1-6-24(28)22-9-10-25(31-26(22)29)23-16-20(8-7-18(23)3)30-27(33)19-13-17(2)14-21(15-19)34-12-11-32(4)5/h7-10,13-16,28H,6,11-12H2,1-5H3,(H2,29,31)(H,30,33). The van der Waals surface area contributed by atoms with E-state index in [-0.39, 0.29) is 5.91 Å². The van der Waals surface area contributed by atoms with Gasteiger partial charge in [0.15, 0.2) is 0 Å². The van der Waals surface area contributed by atoms with E-state index < -0.39 is 0 Å². The highest BCUT2D eigenvalue weighted by atomic mass is 16.5. The molecule has 7 heteroatoms. The Hall–Kier alpha value is -3.71. The minimum atomic E-state index is -0.213. The molecular weight excluding hydrogens is 426 g/mol. The van der Waals surface area contributed by atoms with Gasteiger partial charge in [-0.05, 0) is 88.0 Å². The molecular formula is C27H33N5O2. The van der Waals surface area contributed by atoms with Crippen LogP contribution in [-0.4, -0.2) is 48.7 Å². The normalized spacial score (nSPS) is 10.9. The third-order valence-corrected chi connectivity index (χ3v) is 5.50. The number of nitrogens with one attached hydrogen (secondary N) is 2. The molecule has 0 fully saturated rings. The summed E-state index contributed by atoms with van der Waals surface area (Å²) in [6.45, 7) is 7.18. The van der Waals surface area contributed by atoms with Crippen molar-refractivity contribution < 1.29 is 9.53 Å². The Bertz CT molecular complexity index is 1200. The Morgan fingerprint density at radius 3 is 2.56 bits per heavy atom. The van der Waals surface area contributed by atoms with Crippen LogP contribution in [0.15, 0.2) is 48.5 Å². The number of hydrogen-bond donors (Lipinski definition) is 3. The van der Waals surface area contributed by atoms with Gasteiger partial charge in [-0.25, -0.2) is 4.98 Å². The molecule has 1 heterocycles. The average molecular weight is 460 g/mol. The Kier molecular flexibility index (Phi) is 8.02. The fourth-order valence-electron chi connectivity index (χ4n) is 3.56. The van der Waals surface area contributed by atoms with Gasteiger partial charge in [0.25, 0.3) is 5.91 Å². The number of benzene rings is 2. The molecule has 0 spiro atoms. The number of anilines is 2. The van der Waals surface area contributed by atoms with Gasteiger partial charge in [0.05, 0.1) is 5.69 Å². The maximum Gasteiger partial charge on any atom is 0.255 e. The number of aromatic nitrogens is 1. The minimum absolute atomic E-state index is 0.213. The van der Waals surface area contributed by atoms with Gasteiger partial charge in [-0.2, -0.15) is 0 Å². The van der Waals surface area contributed by atoms with E-state index in [0.29, 0.717) is 52.8 Å². The topological polar surface area (TPSA) is 104 Å². The number of rotatable bonds is 9. The summed E-state index contributed by atoms with van der Waals surface area (Å²) in [7, 11) is 3.98. The Balaban J connectivity index is 1.82. The van der Waals surface area contributed by atoms with Gasteiger partial charge in [0.1, 0.15) is 18.2 Å². The molecule has 0 saturated heterocycles. The van der Waals surface area contributed by atoms with Gasteiger partial charge in [0.2, 0.25) is 0 Å². The first-order valence-electron chi connectivity index (χ1n) is 11.3. The molecule has 0 aliphatic carbocycles. The van der Waals surface area contributed by atoms with Crippen LogP contribution in [0.25, 0.3) is 11.3 Å².